The second-order valence-corrected chi connectivity index (χ2v) is 5.09. The molecule has 7 heteroatoms. The molecule has 0 aliphatic heterocycles. The Labute approximate surface area is 108 Å². The minimum atomic E-state index is -5.26. The predicted octanol–water partition coefficient (Wildman–Crippen LogP) is 4.29. The molecule has 0 heterocycles. The summed E-state index contributed by atoms with van der Waals surface area (Å²) in [5, 5.41) is 2.48. The average molecular weight is 291 g/mol. The summed E-state index contributed by atoms with van der Waals surface area (Å²) in [7, 11) is 0. The van der Waals surface area contributed by atoms with Crippen molar-refractivity contribution in [3.8, 4) is 0 Å². The van der Waals surface area contributed by atoms with Crippen molar-refractivity contribution in [2.24, 2.45) is 11.8 Å². The van der Waals surface area contributed by atoms with Gasteiger partial charge in [-0.3, -0.25) is 0 Å². The van der Waals surface area contributed by atoms with Crippen LogP contribution in [-0.2, 0) is 0 Å². The van der Waals surface area contributed by atoms with Crippen molar-refractivity contribution in [3.63, 3.8) is 0 Å². The summed E-state index contributed by atoms with van der Waals surface area (Å²) in [4.78, 5) is 0. The van der Waals surface area contributed by atoms with Crippen molar-refractivity contribution in [1.82, 2.24) is 5.32 Å². The zero-order chi connectivity index (χ0) is 14.7. The maximum atomic E-state index is 12.8. The van der Waals surface area contributed by atoms with Gasteiger partial charge in [-0.1, -0.05) is 19.8 Å². The lowest BCUT2D eigenvalue weighted by Crippen LogP contribution is -2.54. The van der Waals surface area contributed by atoms with Crippen LogP contribution in [0.25, 0.3) is 0 Å². The quantitative estimate of drug-likeness (QED) is 0.745. The molecule has 0 spiro atoms. The Balaban J connectivity index is 2.95. The van der Waals surface area contributed by atoms with E-state index in [1.165, 1.54) is 0 Å². The van der Waals surface area contributed by atoms with Crippen LogP contribution in [0.1, 0.15) is 39.0 Å². The van der Waals surface area contributed by atoms with E-state index in [2.05, 4.69) is 5.32 Å². The van der Waals surface area contributed by atoms with E-state index in [0.717, 1.165) is 0 Å². The first kappa shape index (κ1) is 16.6. The molecule has 114 valence electrons. The Morgan fingerprint density at radius 3 is 1.84 bits per heavy atom. The van der Waals surface area contributed by atoms with Crippen molar-refractivity contribution in [1.29, 1.82) is 0 Å². The molecule has 0 aromatic heterocycles. The van der Waals surface area contributed by atoms with Crippen LogP contribution in [0.2, 0.25) is 0 Å². The Morgan fingerprint density at radius 2 is 1.47 bits per heavy atom. The molecule has 1 atom stereocenters. The van der Waals surface area contributed by atoms with E-state index in [1.54, 1.807) is 6.92 Å². The van der Waals surface area contributed by atoms with Crippen molar-refractivity contribution in [2.75, 3.05) is 6.54 Å². The third-order valence-corrected chi connectivity index (χ3v) is 3.60. The fraction of sp³-hybridized carbons (Fsp3) is 1.00. The minimum absolute atomic E-state index is 0.170. The molecular formula is C12H19F6N. The molecule has 1 saturated carbocycles. The number of alkyl halides is 6. The van der Waals surface area contributed by atoms with Crippen LogP contribution in [-0.4, -0.2) is 24.9 Å². The Morgan fingerprint density at radius 1 is 1.00 bits per heavy atom. The molecule has 19 heavy (non-hydrogen) atoms. The van der Waals surface area contributed by atoms with Gasteiger partial charge < -0.3 is 5.32 Å². The second-order valence-electron chi connectivity index (χ2n) is 5.09. The van der Waals surface area contributed by atoms with Crippen molar-refractivity contribution in [3.05, 3.63) is 0 Å². The summed E-state index contributed by atoms with van der Waals surface area (Å²) in [5.74, 6) is -3.81. The van der Waals surface area contributed by atoms with E-state index in [0.29, 0.717) is 32.1 Å². The van der Waals surface area contributed by atoms with Gasteiger partial charge in [0.15, 0.2) is 5.92 Å². The van der Waals surface area contributed by atoms with E-state index in [1.807, 2.05) is 0 Å². The van der Waals surface area contributed by atoms with Gasteiger partial charge in [-0.05, 0) is 31.7 Å². The fourth-order valence-electron chi connectivity index (χ4n) is 2.78. The minimum Gasteiger partial charge on any atom is -0.313 e. The van der Waals surface area contributed by atoms with Gasteiger partial charge in [-0.2, -0.15) is 26.3 Å². The van der Waals surface area contributed by atoms with Gasteiger partial charge in [0.1, 0.15) is 0 Å². The Kier molecular flexibility index (Phi) is 5.53. The van der Waals surface area contributed by atoms with Gasteiger partial charge >= 0.3 is 12.4 Å². The number of halogens is 6. The molecule has 1 aliphatic carbocycles. The van der Waals surface area contributed by atoms with Crippen LogP contribution in [0, 0.1) is 11.8 Å². The number of hydrogen-bond acceptors (Lipinski definition) is 1. The van der Waals surface area contributed by atoms with E-state index >= 15 is 0 Å². The number of hydrogen-bond donors (Lipinski definition) is 1. The number of rotatable bonds is 5. The lowest BCUT2D eigenvalue weighted by molar-refractivity contribution is -0.295. The Hall–Kier alpha value is -0.460. The van der Waals surface area contributed by atoms with Gasteiger partial charge in [-0.15, -0.1) is 0 Å². The smallest absolute Gasteiger partial charge is 0.313 e. The molecular weight excluding hydrogens is 272 g/mol. The third kappa shape index (κ3) is 4.54. The molecule has 0 bridgehead atoms. The van der Waals surface area contributed by atoms with Crippen LogP contribution in [0.15, 0.2) is 0 Å². The predicted molar refractivity (Wildman–Crippen MR) is 59.6 cm³/mol. The zero-order valence-corrected chi connectivity index (χ0v) is 10.7. The zero-order valence-electron chi connectivity index (χ0n) is 10.7. The summed E-state index contributed by atoms with van der Waals surface area (Å²) in [6, 6.07) is -1.55. The summed E-state index contributed by atoms with van der Waals surface area (Å²) in [5.41, 5.74) is 0. The average Bonchev–Trinajstić information content (AvgIpc) is 2.73. The molecule has 1 nitrogen and oxygen atoms in total. The van der Waals surface area contributed by atoms with E-state index in [4.69, 9.17) is 0 Å². The topological polar surface area (TPSA) is 12.0 Å². The first-order valence-electron chi connectivity index (χ1n) is 6.54. The summed E-state index contributed by atoms with van der Waals surface area (Å²) < 4.78 is 76.7. The lowest BCUT2D eigenvalue weighted by atomic mass is 9.85. The number of nitrogens with one attached hydrogen (secondary N) is 1. The van der Waals surface area contributed by atoms with Crippen molar-refractivity contribution in [2.45, 2.75) is 57.4 Å². The molecule has 0 radical (unpaired) electrons. The monoisotopic (exact) mass is 291 g/mol. The summed E-state index contributed by atoms with van der Waals surface area (Å²) in [6.07, 6.45) is -7.73. The highest BCUT2D eigenvalue weighted by atomic mass is 19.4. The van der Waals surface area contributed by atoms with Crippen LogP contribution in [0.4, 0.5) is 26.3 Å². The van der Waals surface area contributed by atoms with Gasteiger partial charge in [0.05, 0.1) is 0 Å². The molecule has 0 saturated heterocycles. The molecule has 1 unspecified atom stereocenters. The fourth-order valence-corrected chi connectivity index (χ4v) is 2.78. The van der Waals surface area contributed by atoms with Gasteiger partial charge in [0, 0.05) is 6.04 Å². The van der Waals surface area contributed by atoms with Crippen LogP contribution in [0.5, 0.6) is 0 Å². The van der Waals surface area contributed by atoms with Crippen molar-refractivity contribution >= 4 is 0 Å². The molecule has 1 N–H and O–H groups in total. The van der Waals surface area contributed by atoms with Crippen LogP contribution >= 0.6 is 0 Å². The first-order chi connectivity index (χ1) is 8.68. The van der Waals surface area contributed by atoms with E-state index in [-0.39, 0.29) is 6.54 Å². The highest BCUT2D eigenvalue weighted by Crippen LogP contribution is 2.45. The first-order valence-corrected chi connectivity index (χ1v) is 6.54. The third-order valence-electron chi connectivity index (χ3n) is 3.60. The molecule has 0 aromatic carbocycles. The second kappa shape index (κ2) is 6.33. The van der Waals surface area contributed by atoms with Crippen LogP contribution in [0.3, 0.4) is 0 Å². The SMILES string of the molecule is CCCNC(C1CCCC1)C(C(F)(F)F)C(F)(F)F. The van der Waals surface area contributed by atoms with Gasteiger partial charge in [0.25, 0.3) is 0 Å². The largest absolute Gasteiger partial charge is 0.402 e. The van der Waals surface area contributed by atoms with Crippen LogP contribution < -0.4 is 5.32 Å². The lowest BCUT2D eigenvalue weighted by Gasteiger charge is -2.35. The van der Waals surface area contributed by atoms with E-state index in [9.17, 15) is 26.3 Å². The highest BCUT2D eigenvalue weighted by molar-refractivity contribution is 4.92. The molecule has 1 fully saturated rings. The normalized spacial score (nSPS) is 20.2. The standard InChI is InChI=1S/C12H19F6N/c1-2-7-19-9(8-5-3-4-6-8)10(11(13,14)15)12(16,17)18/h8-10,19H,2-7H2,1H3. The van der Waals surface area contributed by atoms with Gasteiger partial charge in [0.2, 0.25) is 0 Å². The van der Waals surface area contributed by atoms with Gasteiger partial charge in [-0.25, -0.2) is 0 Å². The van der Waals surface area contributed by atoms with E-state index < -0.39 is 30.2 Å². The maximum Gasteiger partial charge on any atom is 0.402 e. The highest BCUT2D eigenvalue weighted by Gasteiger charge is 2.61. The summed E-state index contributed by atoms with van der Waals surface area (Å²) >= 11 is 0. The maximum absolute atomic E-state index is 12.8. The summed E-state index contributed by atoms with van der Waals surface area (Å²) in [6.45, 7) is 1.89. The molecule has 0 aromatic rings. The molecule has 0 amide bonds. The molecule has 1 aliphatic rings. The van der Waals surface area contributed by atoms with Crippen molar-refractivity contribution < 1.29 is 26.3 Å². The Bertz CT molecular complexity index is 252. The molecule has 1 rings (SSSR count).